The molecule has 1 unspecified atom stereocenters. The highest BCUT2D eigenvalue weighted by Gasteiger charge is 2.22. The summed E-state index contributed by atoms with van der Waals surface area (Å²) in [7, 11) is 0. The first-order chi connectivity index (χ1) is 5.77. The monoisotopic (exact) mass is 167 g/mol. The summed E-state index contributed by atoms with van der Waals surface area (Å²) in [6.07, 6.45) is 1.76. The van der Waals surface area contributed by atoms with Crippen LogP contribution in [0.3, 0.4) is 0 Å². The fourth-order valence-electron chi connectivity index (χ4n) is 1.23. The lowest BCUT2D eigenvalue weighted by molar-refractivity contribution is -0.137. The number of carboxylic acid groups (broad SMARTS) is 1. The maximum absolute atomic E-state index is 10.6. The summed E-state index contributed by atoms with van der Waals surface area (Å²) < 4.78 is 0. The van der Waals surface area contributed by atoms with Crippen molar-refractivity contribution in [2.75, 3.05) is 17.2 Å². The van der Waals surface area contributed by atoms with E-state index in [1.165, 1.54) is 0 Å². The van der Waals surface area contributed by atoms with E-state index in [9.17, 15) is 4.79 Å². The number of nitrogens with one attached hydrogen (secondary N) is 3. The van der Waals surface area contributed by atoms with Crippen molar-refractivity contribution >= 4 is 17.5 Å². The molecule has 0 bridgehead atoms. The molecule has 1 aliphatic heterocycles. The van der Waals surface area contributed by atoms with Gasteiger partial charge in [0.25, 0.3) is 0 Å². The van der Waals surface area contributed by atoms with Gasteiger partial charge in [-0.2, -0.15) is 0 Å². The van der Waals surface area contributed by atoms with E-state index >= 15 is 0 Å². The van der Waals surface area contributed by atoms with Gasteiger partial charge in [-0.15, -0.1) is 0 Å². The molecule has 0 amide bonds. The van der Waals surface area contributed by atoms with E-state index in [2.05, 4.69) is 15.6 Å². The van der Waals surface area contributed by atoms with Crippen molar-refractivity contribution in [2.45, 2.75) is 6.04 Å². The van der Waals surface area contributed by atoms with Gasteiger partial charge in [0.15, 0.2) is 0 Å². The molecule has 1 atom stereocenters. The van der Waals surface area contributed by atoms with Crippen molar-refractivity contribution in [3.63, 3.8) is 0 Å². The van der Waals surface area contributed by atoms with Crippen LogP contribution in [0.5, 0.6) is 0 Å². The highest BCUT2D eigenvalue weighted by Crippen LogP contribution is 2.23. The Balaban J connectivity index is 2.20. The predicted octanol–water partition coefficient (Wildman–Crippen LogP) is 0.305. The average molecular weight is 167 g/mol. The minimum Gasteiger partial charge on any atom is -0.480 e. The number of H-pyrrole nitrogens is 1. The van der Waals surface area contributed by atoms with E-state index in [-0.39, 0.29) is 0 Å². The maximum atomic E-state index is 10.6. The molecule has 4 N–H and O–H groups in total. The van der Waals surface area contributed by atoms with Gasteiger partial charge in [-0.3, -0.25) is 0 Å². The van der Waals surface area contributed by atoms with Gasteiger partial charge in [0.05, 0.1) is 5.69 Å². The zero-order valence-corrected chi connectivity index (χ0v) is 6.29. The summed E-state index contributed by atoms with van der Waals surface area (Å²) in [5.74, 6) is 0.0156. The first-order valence-corrected chi connectivity index (χ1v) is 3.68. The molecular formula is C7H9N3O2. The molecule has 0 spiro atoms. The molecule has 0 aromatic carbocycles. The quantitative estimate of drug-likeness (QED) is 0.485. The van der Waals surface area contributed by atoms with Crippen LogP contribution in [-0.2, 0) is 4.79 Å². The number of carboxylic acids is 1. The predicted molar refractivity (Wildman–Crippen MR) is 44.3 cm³/mol. The SMILES string of the molecule is O=C(O)C1CNc2[nH]ccc2N1. The zero-order valence-electron chi connectivity index (χ0n) is 6.29. The summed E-state index contributed by atoms with van der Waals surface area (Å²) in [6.45, 7) is 0.406. The van der Waals surface area contributed by atoms with Crippen molar-refractivity contribution in [2.24, 2.45) is 0 Å². The Morgan fingerprint density at radius 3 is 3.25 bits per heavy atom. The maximum Gasteiger partial charge on any atom is 0.327 e. The lowest BCUT2D eigenvalue weighted by Gasteiger charge is -2.22. The molecule has 0 saturated heterocycles. The van der Waals surface area contributed by atoms with Crippen LogP contribution in [0, 0.1) is 0 Å². The molecule has 5 nitrogen and oxygen atoms in total. The number of aliphatic carboxylic acids is 1. The van der Waals surface area contributed by atoms with Gasteiger partial charge in [-0.1, -0.05) is 0 Å². The normalized spacial score (nSPS) is 20.5. The molecule has 1 aromatic heterocycles. The Labute approximate surface area is 68.8 Å². The number of rotatable bonds is 1. The first kappa shape index (κ1) is 7.02. The Bertz CT molecular complexity index is 307. The number of hydrogen-bond donors (Lipinski definition) is 4. The average Bonchev–Trinajstić information content (AvgIpc) is 2.49. The van der Waals surface area contributed by atoms with E-state index in [0.717, 1.165) is 11.5 Å². The number of fused-ring (bicyclic) bond motifs is 1. The van der Waals surface area contributed by atoms with E-state index in [4.69, 9.17) is 5.11 Å². The van der Waals surface area contributed by atoms with E-state index < -0.39 is 12.0 Å². The smallest absolute Gasteiger partial charge is 0.327 e. The third-order valence-electron chi connectivity index (χ3n) is 1.86. The third kappa shape index (κ3) is 0.990. The molecule has 2 heterocycles. The van der Waals surface area contributed by atoms with Gasteiger partial charge in [0.1, 0.15) is 11.9 Å². The van der Waals surface area contributed by atoms with Crippen LogP contribution in [0.25, 0.3) is 0 Å². The number of carbonyl (C=O) groups is 1. The van der Waals surface area contributed by atoms with Crippen molar-refractivity contribution < 1.29 is 9.90 Å². The fraction of sp³-hybridized carbons (Fsp3) is 0.286. The molecule has 12 heavy (non-hydrogen) atoms. The van der Waals surface area contributed by atoms with Gasteiger partial charge in [0.2, 0.25) is 0 Å². The number of aromatic nitrogens is 1. The van der Waals surface area contributed by atoms with Crippen LogP contribution in [-0.4, -0.2) is 28.6 Å². The van der Waals surface area contributed by atoms with Crippen LogP contribution in [0.15, 0.2) is 12.3 Å². The minimum absolute atomic E-state index is 0.406. The van der Waals surface area contributed by atoms with Crippen LogP contribution >= 0.6 is 0 Å². The molecular weight excluding hydrogens is 158 g/mol. The van der Waals surface area contributed by atoms with Gasteiger partial charge in [-0.25, -0.2) is 4.79 Å². The summed E-state index contributed by atoms with van der Waals surface area (Å²) in [4.78, 5) is 13.5. The Morgan fingerprint density at radius 1 is 1.67 bits per heavy atom. The van der Waals surface area contributed by atoms with Gasteiger partial charge in [0, 0.05) is 12.7 Å². The molecule has 1 aromatic rings. The van der Waals surface area contributed by atoms with Gasteiger partial charge in [-0.05, 0) is 6.07 Å². The van der Waals surface area contributed by atoms with Crippen LogP contribution in [0.1, 0.15) is 0 Å². The first-order valence-electron chi connectivity index (χ1n) is 3.68. The van der Waals surface area contributed by atoms with Crippen molar-refractivity contribution in [3.8, 4) is 0 Å². The summed E-state index contributed by atoms with van der Waals surface area (Å²) >= 11 is 0. The number of aromatic amines is 1. The molecule has 0 radical (unpaired) electrons. The summed E-state index contributed by atoms with van der Waals surface area (Å²) in [6, 6.07) is 1.27. The second-order valence-corrected chi connectivity index (χ2v) is 2.68. The standard InChI is InChI=1S/C7H9N3O2/c11-7(12)5-3-9-6-4(10-5)1-2-8-6/h1-2,5,8-10H,3H2,(H,11,12). The van der Waals surface area contributed by atoms with Crippen molar-refractivity contribution in [1.29, 1.82) is 0 Å². The fourth-order valence-corrected chi connectivity index (χ4v) is 1.23. The van der Waals surface area contributed by atoms with Gasteiger partial charge < -0.3 is 20.7 Å². The molecule has 0 fully saturated rings. The summed E-state index contributed by atoms with van der Waals surface area (Å²) in [5.41, 5.74) is 0.814. The van der Waals surface area contributed by atoms with Gasteiger partial charge >= 0.3 is 5.97 Å². The van der Waals surface area contributed by atoms with Crippen LogP contribution in [0.2, 0.25) is 0 Å². The molecule has 5 heteroatoms. The van der Waals surface area contributed by atoms with E-state index in [1.807, 2.05) is 0 Å². The Hall–Kier alpha value is -1.65. The molecule has 0 saturated carbocycles. The lowest BCUT2D eigenvalue weighted by atomic mass is 10.2. The van der Waals surface area contributed by atoms with Crippen LogP contribution < -0.4 is 10.6 Å². The summed E-state index contributed by atoms with van der Waals surface area (Å²) in [5, 5.41) is 14.5. The zero-order chi connectivity index (χ0) is 8.55. The Kier molecular flexibility index (Phi) is 1.43. The molecule has 64 valence electrons. The second kappa shape index (κ2) is 2.44. The van der Waals surface area contributed by atoms with E-state index in [1.54, 1.807) is 12.3 Å². The molecule has 0 aliphatic carbocycles. The topological polar surface area (TPSA) is 77.2 Å². The molecule has 2 rings (SSSR count). The largest absolute Gasteiger partial charge is 0.480 e. The minimum atomic E-state index is -0.839. The second-order valence-electron chi connectivity index (χ2n) is 2.68. The Morgan fingerprint density at radius 2 is 2.50 bits per heavy atom. The van der Waals surface area contributed by atoms with Crippen molar-refractivity contribution in [1.82, 2.24) is 4.98 Å². The highest BCUT2D eigenvalue weighted by molar-refractivity contribution is 5.82. The van der Waals surface area contributed by atoms with Crippen molar-refractivity contribution in [3.05, 3.63) is 12.3 Å². The third-order valence-corrected chi connectivity index (χ3v) is 1.86. The number of hydrogen-bond acceptors (Lipinski definition) is 3. The van der Waals surface area contributed by atoms with E-state index in [0.29, 0.717) is 6.54 Å². The molecule has 1 aliphatic rings. The highest BCUT2D eigenvalue weighted by atomic mass is 16.4. The number of anilines is 2. The lowest BCUT2D eigenvalue weighted by Crippen LogP contribution is -2.39. The van der Waals surface area contributed by atoms with Crippen LogP contribution in [0.4, 0.5) is 11.5 Å².